The molecule has 2 unspecified atom stereocenters. The summed E-state index contributed by atoms with van der Waals surface area (Å²) in [6, 6.07) is -1.28. The van der Waals surface area contributed by atoms with Gasteiger partial charge in [0.05, 0.1) is 5.56 Å². The lowest BCUT2D eigenvalue weighted by atomic mass is 9.92. The highest BCUT2D eigenvalue weighted by molar-refractivity contribution is 7.84. The minimum absolute atomic E-state index is 0.0725. The Morgan fingerprint density at radius 1 is 1.31 bits per heavy atom. The van der Waals surface area contributed by atoms with Crippen molar-refractivity contribution in [2.45, 2.75) is 45.1 Å². The second kappa shape index (κ2) is 11.4. The van der Waals surface area contributed by atoms with E-state index in [0.717, 1.165) is 16.9 Å². The molecule has 0 radical (unpaired) electrons. The molecule has 2 rings (SSSR count). The van der Waals surface area contributed by atoms with Gasteiger partial charge in [-0.2, -0.15) is 4.98 Å². The highest BCUT2D eigenvalue weighted by Crippen LogP contribution is 2.26. The molecule has 0 spiro atoms. The topological polar surface area (TPSA) is 188 Å². The van der Waals surface area contributed by atoms with Gasteiger partial charge in [0.25, 0.3) is 5.56 Å². The summed E-state index contributed by atoms with van der Waals surface area (Å²) in [5.74, 6) is -2.29. The van der Waals surface area contributed by atoms with E-state index in [-0.39, 0.29) is 30.3 Å². The summed E-state index contributed by atoms with van der Waals surface area (Å²) < 4.78 is 0. The molecule has 0 fully saturated rings. The molecule has 7 N–H and O–H groups in total. The van der Waals surface area contributed by atoms with Crippen LogP contribution in [0.15, 0.2) is 27.4 Å². The highest BCUT2D eigenvalue weighted by Gasteiger charge is 2.23. The van der Waals surface area contributed by atoms with Crippen LogP contribution >= 0.6 is 12.6 Å². The molecule has 11 nitrogen and oxygen atoms in total. The fourth-order valence-electron chi connectivity index (χ4n) is 3.24. The van der Waals surface area contributed by atoms with E-state index < -0.39 is 23.9 Å². The van der Waals surface area contributed by atoms with Gasteiger partial charge >= 0.3 is 11.9 Å². The van der Waals surface area contributed by atoms with Crippen LogP contribution in [0, 0.1) is 5.92 Å². The zero-order valence-corrected chi connectivity index (χ0v) is 18.4. The van der Waals surface area contributed by atoms with Crippen LogP contribution in [0.2, 0.25) is 0 Å². The van der Waals surface area contributed by atoms with Crippen molar-refractivity contribution < 1.29 is 24.6 Å². The number of allylic oxidation sites excluding steroid dienone is 3. The highest BCUT2D eigenvalue weighted by atomic mass is 32.1. The van der Waals surface area contributed by atoms with Crippen LogP contribution in [0.3, 0.4) is 0 Å². The summed E-state index contributed by atoms with van der Waals surface area (Å²) in [6.07, 6.45) is 4.09. The van der Waals surface area contributed by atoms with Crippen molar-refractivity contribution in [1.29, 1.82) is 0 Å². The Bertz CT molecular complexity index is 1000. The van der Waals surface area contributed by atoms with Crippen LogP contribution in [-0.2, 0) is 20.8 Å². The number of nitrogens with zero attached hydrogens (tertiary/aromatic N) is 1. The van der Waals surface area contributed by atoms with Gasteiger partial charge in [0.1, 0.15) is 11.9 Å². The Kier molecular flexibility index (Phi) is 8.88. The van der Waals surface area contributed by atoms with Crippen LogP contribution in [0.25, 0.3) is 0 Å². The Hall–Kier alpha value is -3.28. The summed E-state index contributed by atoms with van der Waals surface area (Å²) in [4.78, 5) is 53.2. The molecule has 1 aromatic heterocycles. The maximum absolute atomic E-state index is 12.1. The molecule has 0 aliphatic carbocycles. The number of aromatic amines is 1. The van der Waals surface area contributed by atoms with E-state index in [1.807, 2.05) is 0 Å². The number of anilines is 2. The summed E-state index contributed by atoms with van der Waals surface area (Å²) in [7, 11) is 0. The van der Waals surface area contributed by atoms with Crippen molar-refractivity contribution in [2.75, 3.05) is 17.6 Å². The zero-order valence-electron chi connectivity index (χ0n) is 17.6. The van der Waals surface area contributed by atoms with Gasteiger partial charge in [-0.25, -0.2) is 4.79 Å². The lowest BCUT2D eigenvalue weighted by molar-refractivity contribution is -0.142. The number of aromatic nitrogens is 2. The van der Waals surface area contributed by atoms with Crippen LogP contribution in [0.5, 0.6) is 0 Å². The Morgan fingerprint density at radius 3 is 2.69 bits per heavy atom. The fraction of sp³-hybridized carbons (Fsp3) is 0.450. The van der Waals surface area contributed by atoms with Crippen LogP contribution in [0.1, 0.15) is 38.2 Å². The van der Waals surface area contributed by atoms with Crippen molar-refractivity contribution in [1.82, 2.24) is 15.3 Å². The number of carbonyl (C=O) groups excluding carboxylic acids is 1. The number of carboxylic acid groups (broad SMARTS) is 2. The normalized spacial score (nSPS) is 17.1. The smallest absolute Gasteiger partial charge is 0.326 e. The summed E-state index contributed by atoms with van der Waals surface area (Å²) in [5, 5.41) is 23.2. The Morgan fingerprint density at radius 2 is 2.03 bits per heavy atom. The molecule has 1 aliphatic rings. The molecular weight excluding hydrogens is 438 g/mol. The first kappa shape index (κ1) is 25.0. The first-order valence-corrected chi connectivity index (χ1v) is 10.5. The molecule has 32 heavy (non-hydrogen) atoms. The maximum Gasteiger partial charge on any atom is 0.326 e. The second-order valence-electron chi connectivity index (χ2n) is 7.56. The van der Waals surface area contributed by atoms with Crippen molar-refractivity contribution in [2.24, 2.45) is 5.92 Å². The van der Waals surface area contributed by atoms with Gasteiger partial charge in [0, 0.05) is 19.0 Å². The van der Waals surface area contributed by atoms with Gasteiger partial charge < -0.3 is 26.6 Å². The van der Waals surface area contributed by atoms with E-state index in [9.17, 15) is 19.2 Å². The average molecular weight is 466 g/mol. The SMILES string of the molecule is CC(/C=C/C(=O)NC(CCC(=O)O)C(=O)O)=C(/S)CCC1CNc2nc(N)[nH]c(=O)c2C1. The summed E-state index contributed by atoms with van der Waals surface area (Å²) >= 11 is 4.49. The molecular formula is C20H27N5O6S. The minimum atomic E-state index is -1.30. The molecule has 12 heteroatoms. The van der Waals surface area contributed by atoms with Gasteiger partial charge in [-0.15, -0.1) is 12.6 Å². The fourth-order valence-corrected chi connectivity index (χ4v) is 3.44. The maximum atomic E-state index is 12.1. The number of fused-ring (bicyclic) bond motifs is 1. The van der Waals surface area contributed by atoms with Crippen molar-refractivity contribution in [3.05, 3.63) is 38.5 Å². The molecule has 0 aromatic carbocycles. The monoisotopic (exact) mass is 465 g/mol. The average Bonchev–Trinajstić information content (AvgIpc) is 2.72. The molecule has 2 atom stereocenters. The second-order valence-corrected chi connectivity index (χ2v) is 8.10. The van der Waals surface area contributed by atoms with Gasteiger partial charge in [0.2, 0.25) is 11.9 Å². The molecule has 0 saturated heterocycles. The number of thiol groups is 1. The van der Waals surface area contributed by atoms with E-state index in [2.05, 4.69) is 33.2 Å². The number of rotatable bonds is 10. The predicted molar refractivity (Wildman–Crippen MR) is 121 cm³/mol. The number of nitrogens with two attached hydrogens (primary N) is 1. The van der Waals surface area contributed by atoms with E-state index in [4.69, 9.17) is 15.9 Å². The van der Waals surface area contributed by atoms with Crippen molar-refractivity contribution >= 4 is 42.2 Å². The molecule has 174 valence electrons. The third kappa shape index (κ3) is 7.45. The van der Waals surface area contributed by atoms with E-state index in [0.29, 0.717) is 30.8 Å². The van der Waals surface area contributed by atoms with Crippen molar-refractivity contribution in [3.63, 3.8) is 0 Å². The number of nitrogen functional groups attached to an aromatic ring is 1. The Balaban J connectivity index is 1.90. The lowest BCUT2D eigenvalue weighted by Gasteiger charge is -2.24. The van der Waals surface area contributed by atoms with E-state index in [1.54, 1.807) is 6.92 Å². The van der Waals surface area contributed by atoms with Gasteiger partial charge in [-0.3, -0.25) is 19.4 Å². The molecule has 1 aromatic rings. The zero-order chi connectivity index (χ0) is 23.8. The number of hydrogen-bond acceptors (Lipinski definition) is 8. The van der Waals surface area contributed by atoms with E-state index >= 15 is 0 Å². The van der Waals surface area contributed by atoms with Crippen LogP contribution in [0.4, 0.5) is 11.8 Å². The summed E-state index contributed by atoms with van der Waals surface area (Å²) in [5.41, 5.74) is 6.61. The molecule has 1 amide bonds. The number of H-pyrrole nitrogens is 1. The van der Waals surface area contributed by atoms with E-state index in [1.165, 1.54) is 12.2 Å². The lowest BCUT2D eigenvalue weighted by Crippen LogP contribution is -2.40. The third-order valence-electron chi connectivity index (χ3n) is 5.08. The molecule has 2 heterocycles. The van der Waals surface area contributed by atoms with Gasteiger partial charge in [-0.05, 0) is 49.0 Å². The first-order valence-electron chi connectivity index (χ1n) is 10.0. The number of aliphatic carboxylic acids is 2. The summed E-state index contributed by atoms with van der Waals surface area (Å²) in [6.45, 7) is 2.42. The minimum Gasteiger partial charge on any atom is -0.481 e. The predicted octanol–water partition coefficient (Wildman–Crippen LogP) is 0.911. The van der Waals surface area contributed by atoms with Gasteiger partial charge in [-0.1, -0.05) is 6.08 Å². The van der Waals surface area contributed by atoms with Crippen LogP contribution < -0.4 is 21.9 Å². The van der Waals surface area contributed by atoms with Gasteiger partial charge in [0.15, 0.2) is 0 Å². The Labute approximate surface area is 189 Å². The molecule has 0 bridgehead atoms. The third-order valence-corrected chi connectivity index (χ3v) is 5.65. The molecule has 1 aliphatic heterocycles. The largest absolute Gasteiger partial charge is 0.481 e. The van der Waals surface area contributed by atoms with Crippen LogP contribution in [-0.4, -0.2) is 50.6 Å². The number of carbonyl (C=O) groups is 3. The van der Waals surface area contributed by atoms with Crippen molar-refractivity contribution in [3.8, 4) is 0 Å². The quantitative estimate of drug-likeness (QED) is 0.150. The molecule has 0 saturated carbocycles. The number of amides is 1. The standard InChI is InChI=1S/C20H27N5O6S/c1-10(2-6-15(26)23-13(19(30)31)4-7-16(27)28)14(32)5-3-11-8-12-17(22-9-11)24-20(21)25-18(12)29/h2,6,11,13,32H,3-5,7-9H2,1H3,(H,23,26)(H,27,28)(H,30,31)(H4,21,22,24,25,29)/b6-2+,14-10-. The number of hydrogen-bond donors (Lipinski definition) is 7. The number of nitrogens with one attached hydrogen (secondary N) is 3. The number of carboxylic acids is 2. The first-order chi connectivity index (χ1) is 15.1.